The summed E-state index contributed by atoms with van der Waals surface area (Å²) in [5, 5.41) is 20.0. The summed E-state index contributed by atoms with van der Waals surface area (Å²) in [5.41, 5.74) is 4.67. The van der Waals surface area contributed by atoms with Crippen LogP contribution in [0.2, 0.25) is 5.02 Å². The molecule has 0 radical (unpaired) electrons. The highest BCUT2D eigenvalue weighted by atomic mass is 35.5. The van der Waals surface area contributed by atoms with Gasteiger partial charge in [-0.1, -0.05) is 84.4 Å². The van der Waals surface area contributed by atoms with Gasteiger partial charge in [-0.25, -0.2) is 15.0 Å². The largest absolute Gasteiger partial charge is 0.274 e. The summed E-state index contributed by atoms with van der Waals surface area (Å²) in [6, 6.07) is 31.5. The van der Waals surface area contributed by atoms with Gasteiger partial charge in [-0.3, -0.25) is 10.1 Å². The van der Waals surface area contributed by atoms with Crippen LogP contribution in [0.1, 0.15) is 23.6 Å². The maximum Gasteiger partial charge on any atom is 0.274 e. The highest BCUT2D eigenvalue weighted by Gasteiger charge is 2.36. The molecule has 8 heteroatoms. The zero-order valence-corrected chi connectivity index (χ0v) is 20.3. The molecule has 5 aromatic rings. The summed E-state index contributed by atoms with van der Waals surface area (Å²) in [6.07, 6.45) is 0.465. The highest BCUT2D eigenvalue weighted by molar-refractivity contribution is 6.31. The van der Waals surface area contributed by atoms with Gasteiger partial charge in [0.25, 0.3) is 5.69 Å². The zero-order valence-electron chi connectivity index (χ0n) is 19.5. The van der Waals surface area contributed by atoms with Gasteiger partial charge in [0, 0.05) is 28.5 Å². The fourth-order valence-corrected chi connectivity index (χ4v) is 4.85. The van der Waals surface area contributed by atoms with E-state index in [9.17, 15) is 10.1 Å². The first-order valence-corrected chi connectivity index (χ1v) is 12.1. The number of hydrazone groups is 1. The number of benzene rings is 4. The Hall–Kier alpha value is -4.62. The van der Waals surface area contributed by atoms with Gasteiger partial charge in [-0.2, -0.15) is 5.10 Å². The van der Waals surface area contributed by atoms with Crippen LogP contribution in [0.3, 0.4) is 0 Å². The van der Waals surface area contributed by atoms with Crippen molar-refractivity contribution < 1.29 is 4.92 Å². The van der Waals surface area contributed by atoms with Gasteiger partial charge in [0.1, 0.15) is 0 Å². The molecular weight excluding hydrogens is 486 g/mol. The third-order valence-electron chi connectivity index (χ3n) is 6.41. The molecule has 7 nitrogen and oxygen atoms in total. The number of nitrogens with zero attached hydrogens (tertiary/aromatic N) is 5. The van der Waals surface area contributed by atoms with E-state index >= 15 is 0 Å². The van der Waals surface area contributed by atoms with Gasteiger partial charge in [0.2, 0.25) is 5.95 Å². The average Bonchev–Trinajstić information content (AvgIpc) is 3.39. The third kappa shape index (κ3) is 4.30. The molecule has 2 heterocycles. The maximum atomic E-state index is 11.9. The minimum atomic E-state index is -0.461. The number of para-hydroxylation sites is 1. The number of aromatic nitrogens is 2. The van der Waals surface area contributed by atoms with Crippen molar-refractivity contribution >= 4 is 39.9 Å². The molecule has 0 fully saturated rings. The van der Waals surface area contributed by atoms with Crippen molar-refractivity contribution in [1.29, 1.82) is 0 Å². The number of nitro benzene ring substituents is 1. The average molecular weight is 506 g/mol. The number of hydrogen-bond acceptors (Lipinski definition) is 6. The summed E-state index contributed by atoms with van der Waals surface area (Å²) in [4.78, 5) is 21.4. The first-order chi connectivity index (χ1) is 18.1. The molecule has 180 valence electrons. The summed E-state index contributed by atoms with van der Waals surface area (Å²) < 4.78 is 0. The second-order valence-corrected chi connectivity index (χ2v) is 9.13. The van der Waals surface area contributed by atoms with Crippen molar-refractivity contribution in [3.63, 3.8) is 0 Å². The van der Waals surface area contributed by atoms with E-state index in [-0.39, 0.29) is 10.6 Å². The van der Waals surface area contributed by atoms with E-state index < -0.39 is 6.04 Å². The van der Waals surface area contributed by atoms with Crippen molar-refractivity contribution in [2.45, 2.75) is 12.5 Å². The van der Waals surface area contributed by atoms with Crippen molar-refractivity contribution in [3.05, 3.63) is 129 Å². The van der Waals surface area contributed by atoms with Gasteiger partial charge in [0.05, 0.1) is 33.5 Å². The predicted octanol–water partition coefficient (Wildman–Crippen LogP) is 7.21. The Bertz CT molecular complexity index is 1660. The summed E-state index contributed by atoms with van der Waals surface area (Å²) in [5.74, 6) is 0.350. The maximum absolute atomic E-state index is 11.9. The van der Waals surface area contributed by atoms with E-state index in [1.807, 2.05) is 72.8 Å². The lowest BCUT2D eigenvalue weighted by Gasteiger charge is -2.23. The SMILES string of the molecule is O=[N+]([O-])c1ccccc1[C@@H]1CC(c2ccccc2)=NN1c1nc(-c2ccccc2)c2ccc(Cl)cc2n1. The molecule has 0 bridgehead atoms. The Morgan fingerprint density at radius 2 is 1.51 bits per heavy atom. The summed E-state index contributed by atoms with van der Waals surface area (Å²) >= 11 is 6.34. The van der Waals surface area contributed by atoms with Crippen LogP contribution in [-0.2, 0) is 0 Å². The minimum Gasteiger partial charge on any atom is -0.258 e. The molecular formula is C29H20ClN5O2. The molecule has 1 aromatic heterocycles. The van der Waals surface area contributed by atoms with Crippen molar-refractivity contribution in [3.8, 4) is 11.3 Å². The topological polar surface area (TPSA) is 84.5 Å². The molecule has 0 saturated heterocycles. The van der Waals surface area contributed by atoms with Crippen LogP contribution >= 0.6 is 11.6 Å². The second-order valence-electron chi connectivity index (χ2n) is 8.69. The summed E-state index contributed by atoms with van der Waals surface area (Å²) in [7, 11) is 0. The van der Waals surface area contributed by atoms with E-state index in [0.717, 1.165) is 27.9 Å². The van der Waals surface area contributed by atoms with E-state index in [1.165, 1.54) is 6.07 Å². The molecule has 1 aliphatic heterocycles. The van der Waals surface area contributed by atoms with Gasteiger partial charge in [-0.05, 0) is 29.8 Å². The molecule has 0 unspecified atom stereocenters. The quantitative estimate of drug-likeness (QED) is 0.186. The molecule has 1 atom stereocenters. The Balaban J connectivity index is 1.57. The highest BCUT2D eigenvalue weighted by Crippen LogP contribution is 2.40. The number of nitro groups is 1. The smallest absolute Gasteiger partial charge is 0.258 e. The minimum absolute atomic E-state index is 0.0362. The van der Waals surface area contributed by atoms with Crippen molar-refractivity contribution in [1.82, 2.24) is 9.97 Å². The van der Waals surface area contributed by atoms with Crippen molar-refractivity contribution in [2.24, 2.45) is 5.10 Å². The molecule has 0 aliphatic carbocycles. The second kappa shape index (κ2) is 9.44. The molecule has 0 saturated carbocycles. The fourth-order valence-electron chi connectivity index (χ4n) is 4.69. The standard InChI is InChI=1S/C29H20ClN5O2/c30-21-15-16-22-25(17-21)31-29(32-28(22)20-11-5-2-6-12-20)34-27(23-13-7-8-14-26(23)35(36)37)18-24(33-34)19-9-3-1-4-10-19/h1-17,27H,18H2/t27-/m0/s1. The number of hydrogen-bond donors (Lipinski definition) is 0. The first-order valence-electron chi connectivity index (χ1n) is 11.8. The Morgan fingerprint density at radius 3 is 2.24 bits per heavy atom. The molecule has 37 heavy (non-hydrogen) atoms. The van der Waals surface area contributed by atoms with Gasteiger partial charge >= 0.3 is 0 Å². The zero-order chi connectivity index (χ0) is 25.4. The predicted molar refractivity (Wildman–Crippen MR) is 146 cm³/mol. The number of fused-ring (bicyclic) bond motifs is 1. The van der Waals surface area contributed by atoms with Gasteiger partial charge < -0.3 is 0 Å². The van der Waals surface area contributed by atoms with E-state index in [0.29, 0.717) is 28.5 Å². The van der Waals surface area contributed by atoms with Crippen LogP contribution in [0, 0.1) is 10.1 Å². The Kier molecular flexibility index (Phi) is 5.82. The first kappa shape index (κ1) is 22.8. The lowest BCUT2D eigenvalue weighted by molar-refractivity contribution is -0.385. The Morgan fingerprint density at radius 1 is 0.838 bits per heavy atom. The molecule has 0 amide bonds. The van der Waals surface area contributed by atoms with E-state index in [1.54, 1.807) is 29.3 Å². The third-order valence-corrected chi connectivity index (χ3v) is 6.64. The lowest BCUT2D eigenvalue weighted by Crippen LogP contribution is -2.22. The monoisotopic (exact) mass is 505 g/mol. The van der Waals surface area contributed by atoms with Crippen molar-refractivity contribution in [2.75, 3.05) is 5.01 Å². The molecule has 0 N–H and O–H groups in total. The van der Waals surface area contributed by atoms with Gasteiger partial charge in [0.15, 0.2) is 0 Å². The Labute approximate surface area is 217 Å². The van der Waals surface area contributed by atoms with Crippen LogP contribution in [0.5, 0.6) is 0 Å². The number of anilines is 1. The van der Waals surface area contributed by atoms with Crippen LogP contribution < -0.4 is 5.01 Å². The molecule has 1 aliphatic rings. The molecule has 0 spiro atoms. The van der Waals surface area contributed by atoms with Crippen LogP contribution in [0.25, 0.3) is 22.2 Å². The van der Waals surface area contributed by atoms with Gasteiger partial charge in [-0.15, -0.1) is 0 Å². The lowest BCUT2D eigenvalue weighted by atomic mass is 9.97. The van der Waals surface area contributed by atoms with Crippen LogP contribution in [0.4, 0.5) is 11.6 Å². The fraction of sp³-hybridized carbons (Fsp3) is 0.0690. The number of rotatable bonds is 5. The van der Waals surface area contributed by atoms with E-state index in [2.05, 4.69) is 0 Å². The molecule has 4 aromatic carbocycles. The van der Waals surface area contributed by atoms with Crippen LogP contribution in [-0.4, -0.2) is 20.6 Å². The number of halogens is 1. The van der Waals surface area contributed by atoms with Crippen LogP contribution in [0.15, 0.2) is 108 Å². The normalized spacial score (nSPS) is 15.1. The summed E-state index contributed by atoms with van der Waals surface area (Å²) in [6.45, 7) is 0. The van der Waals surface area contributed by atoms with E-state index in [4.69, 9.17) is 26.7 Å². The molecule has 6 rings (SSSR count).